The molecule has 0 saturated carbocycles. The Hall–Kier alpha value is -2.08. The van der Waals surface area contributed by atoms with Gasteiger partial charge in [-0.1, -0.05) is 0 Å². The van der Waals surface area contributed by atoms with E-state index in [-0.39, 0.29) is 0 Å². The molecule has 0 unspecified atom stereocenters. The van der Waals surface area contributed by atoms with Gasteiger partial charge in [-0.25, -0.2) is 4.98 Å². The molecule has 0 bridgehead atoms. The second-order valence-electron chi connectivity index (χ2n) is 3.54. The number of hydrogen-bond donors (Lipinski definition) is 2. The number of carbonyl (C=O) groups is 1. The van der Waals surface area contributed by atoms with Crippen molar-refractivity contribution in [2.45, 2.75) is 0 Å². The predicted octanol–water partition coefficient (Wildman–Crippen LogP) is 2.32. The van der Waals surface area contributed by atoms with Crippen molar-refractivity contribution in [2.24, 2.45) is 5.73 Å². The molecule has 0 aliphatic heterocycles. The van der Waals surface area contributed by atoms with Crippen LogP contribution in [-0.4, -0.2) is 10.9 Å². The second kappa shape index (κ2) is 5.05. The molecule has 6 heteroatoms. The van der Waals surface area contributed by atoms with Crippen molar-refractivity contribution < 1.29 is 9.53 Å². The largest absolute Gasteiger partial charge is 0.437 e. The Kier molecular flexibility index (Phi) is 3.47. The van der Waals surface area contributed by atoms with E-state index >= 15 is 0 Å². The van der Waals surface area contributed by atoms with Crippen molar-refractivity contribution in [3.05, 3.63) is 46.6 Å². The number of benzene rings is 1. The fourth-order valence-corrected chi connectivity index (χ4v) is 1.68. The van der Waals surface area contributed by atoms with Crippen LogP contribution in [0.5, 0.6) is 11.6 Å². The summed E-state index contributed by atoms with van der Waals surface area (Å²) in [5.41, 5.74) is 11.7. The highest BCUT2D eigenvalue weighted by Crippen LogP contribution is 2.27. The highest BCUT2D eigenvalue weighted by Gasteiger charge is 2.05. The first kappa shape index (κ1) is 12.4. The van der Waals surface area contributed by atoms with Crippen molar-refractivity contribution >= 4 is 27.5 Å². The minimum atomic E-state index is -0.483. The van der Waals surface area contributed by atoms with Crippen molar-refractivity contribution in [3.63, 3.8) is 0 Å². The van der Waals surface area contributed by atoms with Crippen molar-refractivity contribution in [3.8, 4) is 11.6 Å². The second-order valence-corrected chi connectivity index (χ2v) is 4.45. The molecule has 1 amide bonds. The van der Waals surface area contributed by atoms with Gasteiger partial charge in [-0.3, -0.25) is 4.79 Å². The number of nitrogens with two attached hydrogens (primary N) is 2. The molecule has 0 aliphatic rings. The minimum absolute atomic E-state index is 0.310. The number of hydrogen-bond acceptors (Lipinski definition) is 4. The minimum Gasteiger partial charge on any atom is -0.437 e. The van der Waals surface area contributed by atoms with E-state index in [0.717, 1.165) is 4.47 Å². The van der Waals surface area contributed by atoms with E-state index in [1.165, 1.54) is 0 Å². The average molecular weight is 308 g/mol. The quantitative estimate of drug-likeness (QED) is 0.910. The molecule has 1 heterocycles. The van der Waals surface area contributed by atoms with Crippen molar-refractivity contribution in [2.75, 3.05) is 5.73 Å². The summed E-state index contributed by atoms with van der Waals surface area (Å²) < 4.78 is 6.26. The molecule has 2 rings (SSSR count). The smallest absolute Gasteiger partial charge is 0.248 e. The number of nitrogens with zero attached hydrogens (tertiary/aromatic N) is 1. The molecule has 1 aromatic heterocycles. The zero-order valence-corrected chi connectivity index (χ0v) is 10.8. The number of anilines is 1. The third-order valence-corrected chi connectivity index (χ3v) is 2.63. The first-order valence-electron chi connectivity index (χ1n) is 5.05. The van der Waals surface area contributed by atoms with Crippen LogP contribution in [0.2, 0.25) is 0 Å². The highest BCUT2D eigenvalue weighted by molar-refractivity contribution is 9.10. The van der Waals surface area contributed by atoms with Crippen LogP contribution in [0.4, 0.5) is 5.69 Å². The molecule has 0 fully saturated rings. The van der Waals surface area contributed by atoms with Gasteiger partial charge in [0, 0.05) is 16.2 Å². The van der Waals surface area contributed by atoms with E-state index < -0.39 is 5.91 Å². The SMILES string of the molecule is NC(=O)c1ccc(Oc2ncc(Br)cc2N)cc1. The van der Waals surface area contributed by atoms with Crippen LogP contribution in [-0.2, 0) is 0 Å². The van der Waals surface area contributed by atoms with Crippen LogP contribution in [0.3, 0.4) is 0 Å². The molecule has 2 aromatic rings. The molecular weight excluding hydrogens is 298 g/mol. The van der Waals surface area contributed by atoms with Gasteiger partial charge in [-0.05, 0) is 46.3 Å². The lowest BCUT2D eigenvalue weighted by molar-refractivity contribution is 0.100. The number of aromatic nitrogens is 1. The van der Waals surface area contributed by atoms with E-state index in [1.807, 2.05) is 0 Å². The van der Waals surface area contributed by atoms with Gasteiger partial charge >= 0.3 is 0 Å². The third kappa shape index (κ3) is 2.78. The van der Waals surface area contributed by atoms with E-state index in [1.54, 1.807) is 36.5 Å². The number of rotatable bonds is 3. The number of primary amides is 1. The fourth-order valence-electron chi connectivity index (χ4n) is 1.33. The summed E-state index contributed by atoms with van der Waals surface area (Å²) in [4.78, 5) is 15.0. The van der Waals surface area contributed by atoms with Crippen LogP contribution in [0.15, 0.2) is 41.0 Å². The van der Waals surface area contributed by atoms with Crippen LogP contribution < -0.4 is 16.2 Å². The maximum absolute atomic E-state index is 10.9. The number of amides is 1. The molecule has 5 nitrogen and oxygen atoms in total. The maximum Gasteiger partial charge on any atom is 0.248 e. The normalized spacial score (nSPS) is 10.1. The zero-order valence-electron chi connectivity index (χ0n) is 9.26. The molecule has 1 aromatic carbocycles. The number of ether oxygens (including phenoxy) is 1. The lowest BCUT2D eigenvalue weighted by Crippen LogP contribution is -2.10. The Bertz CT molecular complexity index is 584. The van der Waals surface area contributed by atoms with Gasteiger partial charge in [0.25, 0.3) is 0 Å². The van der Waals surface area contributed by atoms with Gasteiger partial charge in [-0.15, -0.1) is 0 Å². The Balaban J connectivity index is 2.21. The lowest BCUT2D eigenvalue weighted by Gasteiger charge is -2.07. The summed E-state index contributed by atoms with van der Waals surface area (Å²) in [6, 6.07) is 8.10. The summed E-state index contributed by atoms with van der Waals surface area (Å²) in [6.07, 6.45) is 1.59. The molecule has 18 heavy (non-hydrogen) atoms. The van der Waals surface area contributed by atoms with Gasteiger partial charge < -0.3 is 16.2 Å². The molecule has 0 spiro atoms. The first-order chi connectivity index (χ1) is 8.56. The van der Waals surface area contributed by atoms with E-state index in [9.17, 15) is 4.79 Å². The topological polar surface area (TPSA) is 91.2 Å². The maximum atomic E-state index is 10.9. The van der Waals surface area contributed by atoms with Crippen LogP contribution in [0.25, 0.3) is 0 Å². The molecule has 0 atom stereocenters. The van der Waals surface area contributed by atoms with Gasteiger partial charge in [-0.2, -0.15) is 0 Å². The highest BCUT2D eigenvalue weighted by atomic mass is 79.9. The molecular formula is C12H10BrN3O2. The van der Waals surface area contributed by atoms with Gasteiger partial charge in [0.05, 0.1) is 5.69 Å². The van der Waals surface area contributed by atoms with Crippen LogP contribution in [0, 0.1) is 0 Å². The number of pyridine rings is 1. The molecule has 0 radical (unpaired) electrons. The number of carbonyl (C=O) groups excluding carboxylic acids is 1. The predicted molar refractivity (Wildman–Crippen MR) is 71.4 cm³/mol. The van der Waals surface area contributed by atoms with E-state index in [2.05, 4.69) is 20.9 Å². The first-order valence-corrected chi connectivity index (χ1v) is 5.84. The summed E-state index contributed by atoms with van der Waals surface area (Å²) in [6.45, 7) is 0. The van der Waals surface area contributed by atoms with E-state index in [4.69, 9.17) is 16.2 Å². The fraction of sp³-hybridized carbons (Fsp3) is 0. The van der Waals surface area contributed by atoms with Gasteiger partial charge in [0.2, 0.25) is 11.8 Å². The van der Waals surface area contributed by atoms with Crippen LogP contribution in [0.1, 0.15) is 10.4 Å². The van der Waals surface area contributed by atoms with Crippen molar-refractivity contribution in [1.29, 1.82) is 0 Å². The molecule has 92 valence electrons. The Labute approximate surface area is 112 Å². The summed E-state index contributed by atoms with van der Waals surface area (Å²) in [7, 11) is 0. The summed E-state index contributed by atoms with van der Waals surface area (Å²) >= 11 is 3.26. The molecule has 0 aliphatic carbocycles. The Morgan fingerprint density at radius 3 is 2.50 bits per heavy atom. The van der Waals surface area contributed by atoms with Gasteiger partial charge in [0.1, 0.15) is 5.75 Å². The van der Waals surface area contributed by atoms with Crippen molar-refractivity contribution in [1.82, 2.24) is 4.98 Å². The Morgan fingerprint density at radius 2 is 1.94 bits per heavy atom. The van der Waals surface area contributed by atoms with Gasteiger partial charge in [0.15, 0.2) is 0 Å². The molecule has 0 saturated heterocycles. The zero-order chi connectivity index (χ0) is 13.1. The summed E-state index contributed by atoms with van der Waals surface area (Å²) in [5, 5.41) is 0. The lowest BCUT2D eigenvalue weighted by atomic mass is 10.2. The Morgan fingerprint density at radius 1 is 1.28 bits per heavy atom. The third-order valence-electron chi connectivity index (χ3n) is 2.20. The monoisotopic (exact) mass is 307 g/mol. The number of halogens is 1. The summed E-state index contributed by atoms with van der Waals surface area (Å²) in [5.74, 6) is 0.356. The number of nitrogen functional groups attached to an aromatic ring is 1. The van der Waals surface area contributed by atoms with E-state index in [0.29, 0.717) is 22.9 Å². The standard InChI is InChI=1S/C12H10BrN3O2/c13-8-5-10(14)12(16-6-8)18-9-3-1-7(2-4-9)11(15)17/h1-6H,14H2,(H2,15,17). The van der Waals surface area contributed by atoms with Crippen LogP contribution >= 0.6 is 15.9 Å². The molecule has 4 N–H and O–H groups in total. The average Bonchev–Trinajstić information content (AvgIpc) is 2.33.